The zero-order chi connectivity index (χ0) is 35.3. The number of hydrogen-bond donors (Lipinski definition) is 1. The van der Waals surface area contributed by atoms with Crippen molar-refractivity contribution in [3.05, 3.63) is 96.1 Å². The fraction of sp³-hybridized carbons (Fsp3) is 0.472. The molecule has 50 heavy (non-hydrogen) atoms. The second kappa shape index (κ2) is 20.3. The Labute approximate surface area is 302 Å². The number of esters is 2. The molecule has 4 unspecified atom stereocenters. The van der Waals surface area contributed by atoms with E-state index in [0.29, 0.717) is 69.8 Å². The standard InChI is InChI=1S/C18H23BO4P2.C18H21BO4P2/c2*20-13(7-6-12-4-2-1-3-5-12)8-9-14-15-10-18(21)23-16(15)11-17(14)24-25-19-22/h1-5,8-9,13-17,20,24-25H,6-7,10-11H2;1-5,8-9,14-17,24-25H,6-7,10-11H2/b2*9-8+/t13-,14-,15-,16+,17-;14-,15-,16+,17-/m11/s1. The Morgan fingerprint density at radius 1 is 0.780 bits per heavy atom. The monoisotopic (exact) mass is 750 g/mol. The van der Waals surface area contributed by atoms with Gasteiger partial charge in [-0.25, -0.2) is 0 Å². The van der Waals surface area contributed by atoms with Gasteiger partial charge in [0.1, 0.15) is 0 Å². The van der Waals surface area contributed by atoms with Crippen molar-refractivity contribution in [3.63, 3.8) is 0 Å². The second-order valence-corrected chi connectivity index (χ2v) is 19.8. The van der Waals surface area contributed by atoms with Crippen LogP contribution in [0.2, 0.25) is 0 Å². The van der Waals surface area contributed by atoms with Crippen LogP contribution in [0.1, 0.15) is 49.7 Å². The van der Waals surface area contributed by atoms with E-state index in [0.717, 1.165) is 45.0 Å². The Morgan fingerprint density at radius 3 is 1.80 bits per heavy atom. The molecule has 4 aliphatic rings. The molecule has 2 saturated carbocycles. The number of hydrogen-bond acceptors (Lipinski definition) is 8. The summed E-state index contributed by atoms with van der Waals surface area (Å²) in [6.45, 7) is 1.97. The average Bonchev–Trinajstić information content (AvgIpc) is 3.85. The molecule has 2 aliphatic heterocycles. The first-order valence-electron chi connectivity index (χ1n) is 17.3. The van der Waals surface area contributed by atoms with Gasteiger partial charge in [0.25, 0.3) is 0 Å². The van der Waals surface area contributed by atoms with Crippen LogP contribution < -0.4 is 0 Å². The number of ketones is 1. The zero-order valence-corrected chi connectivity index (χ0v) is 31.9. The molecule has 14 heteroatoms. The number of aliphatic hydroxyl groups excluding tert-OH is 1. The van der Waals surface area contributed by atoms with Crippen molar-refractivity contribution in [2.45, 2.75) is 81.0 Å². The van der Waals surface area contributed by atoms with Gasteiger partial charge in [-0.3, -0.25) is 0 Å². The molecule has 2 aliphatic carbocycles. The fourth-order valence-electron chi connectivity index (χ4n) is 7.55. The Bertz CT molecular complexity index is 1510. The molecule has 262 valence electrons. The van der Waals surface area contributed by atoms with Crippen LogP contribution in [0.5, 0.6) is 0 Å². The molecule has 2 aromatic carbocycles. The van der Waals surface area contributed by atoms with E-state index in [1.165, 1.54) is 5.56 Å². The maximum atomic E-state index is 12.2. The van der Waals surface area contributed by atoms with Gasteiger partial charge in [0.05, 0.1) is 0 Å². The first kappa shape index (κ1) is 39.2. The molecule has 0 aromatic heterocycles. The quantitative estimate of drug-likeness (QED) is 0.0689. The van der Waals surface area contributed by atoms with Gasteiger partial charge in [-0.2, -0.15) is 0 Å². The number of ether oxygens (including phenoxy) is 2. The second-order valence-electron chi connectivity index (χ2n) is 13.2. The molecule has 0 bridgehead atoms. The topological polar surface area (TPSA) is 124 Å². The number of aryl methyl sites for hydroxylation is 2. The van der Waals surface area contributed by atoms with Gasteiger partial charge in [0, 0.05) is 0 Å². The van der Waals surface area contributed by atoms with E-state index in [1.54, 1.807) is 6.08 Å². The number of allylic oxidation sites excluding steroid dienone is 3. The van der Waals surface area contributed by atoms with E-state index in [2.05, 4.69) is 18.2 Å². The molecule has 0 radical (unpaired) electrons. The van der Waals surface area contributed by atoms with Crippen LogP contribution in [0.25, 0.3) is 0 Å². The summed E-state index contributed by atoms with van der Waals surface area (Å²) in [5.41, 5.74) is 3.12. The van der Waals surface area contributed by atoms with Crippen molar-refractivity contribution in [2.75, 3.05) is 0 Å². The molecule has 13 atom stereocenters. The molecule has 0 amide bonds. The molecule has 1 N–H and O–H groups in total. The first-order chi connectivity index (χ1) is 24.3. The SMILES string of the molecule is O=BPP[C@@H]1C[C@@H]2OC(=O)C[C@@H]2[C@H]1/C=C/C(=O)CCc1ccccc1.O=BPP[C@@H]1C[C@@H]2OC(=O)C[C@@H]2[C@H]1/C=C/[C@H](O)CCc1ccccc1. The third-order valence-electron chi connectivity index (χ3n) is 10.0. The van der Waals surface area contributed by atoms with Gasteiger partial charge in [-0.15, -0.1) is 0 Å². The van der Waals surface area contributed by atoms with Gasteiger partial charge in [0.15, 0.2) is 0 Å². The predicted molar refractivity (Wildman–Crippen MR) is 205 cm³/mol. The third-order valence-corrected chi connectivity index (χ3v) is 16.5. The summed E-state index contributed by atoms with van der Waals surface area (Å²) in [5, 5.41) is 10.3. The maximum absolute atomic E-state index is 12.2. The fourth-order valence-corrected chi connectivity index (χ4v) is 13.5. The van der Waals surface area contributed by atoms with Gasteiger partial charge in [0.2, 0.25) is 0 Å². The van der Waals surface area contributed by atoms with Gasteiger partial charge < -0.3 is 0 Å². The number of benzene rings is 2. The predicted octanol–water partition coefficient (Wildman–Crippen LogP) is 6.39. The summed E-state index contributed by atoms with van der Waals surface area (Å²) in [6.07, 6.45) is 12.4. The summed E-state index contributed by atoms with van der Waals surface area (Å²) in [6, 6.07) is 20.1. The van der Waals surface area contributed by atoms with Crippen molar-refractivity contribution in [1.82, 2.24) is 0 Å². The van der Waals surface area contributed by atoms with Gasteiger partial charge in [-0.05, 0) is 0 Å². The third kappa shape index (κ3) is 11.5. The minimum absolute atomic E-state index is 0.00226. The van der Waals surface area contributed by atoms with Crippen LogP contribution in [-0.2, 0) is 46.1 Å². The zero-order valence-electron chi connectivity index (χ0n) is 27.9. The molecular weight excluding hydrogens is 706 g/mol. The van der Waals surface area contributed by atoms with E-state index < -0.39 is 6.10 Å². The summed E-state index contributed by atoms with van der Waals surface area (Å²) in [4.78, 5) is 35.3. The van der Waals surface area contributed by atoms with Crippen molar-refractivity contribution < 1.29 is 38.4 Å². The summed E-state index contributed by atoms with van der Waals surface area (Å²) >= 11 is 0. The number of fused-ring (bicyclic) bond motifs is 2. The molecule has 4 fully saturated rings. The summed E-state index contributed by atoms with van der Waals surface area (Å²) in [7, 11) is 1.77. The van der Waals surface area contributed by atoms with E-state index >= 15 is 0 Å². The van der Waals surface area contributed by atoms with Crippen molar-refractivity contribution in [3.8, 4) is 0 Å². The Kier molecular flexibility index (Phi) is 15.9. The van der Waals surface area contributed by atoms with Crippen LogP contribution in [0.15, 0.2) is 85.0 Å². The molecule has 6 rings (SSSR count). The number of carbonyl (C=O) groups is 3. The Hall–Kier alpha value is -2.06. The normalized spacial score (nSPS) is 29.6. The van der Waals surface area contributed by atoms with E-state index in [-0.39, 0.29) is 53.6 Å². The first-order valence-corrected chi connectivity index (χ1v) is 23.6. The Morgan fingerprint density at radius 2 is 1.28 bits per heavy atom. The summed E-state index contributed by atoms with van der Waals surface area (Å²) in [5.74, 6) is 0.633. The molecular formula is C36H44B2O8P4. The van der Waals surface area contributed by atoms with Crippen LogP contribution in [0.4, 0.5) is 0 Å². The van der Waals surface area contributed by atoms with Gasteiger partial charge >= 0.3 is 291 Å². The number of carbonyl (C=O) groups excluding carboxylic acids is 3. The molecule has 8 nitrogen and oxygen atoms in total. The van der Waals surface area contributed by atoms with E-state index in [9.17, 15) is 28.9 Å². The van der Waals surface area contributed by atoms with E-state index in [1.807, 2.05) is 60.7 Å². The molecule has 2 heterocycles. The summed E-state index contributed by atoms with van der Waals surface area (Å²) < 4.78 is 32.3. The molecule has 2 saturated heterocycles. The number of rotatable bonds is 16. The Balaban J connectivity index is 0.000000194. The minimum atomic E-state index is -0.491. The van der Waals surface area contributed by atoms with Gasteiger partial charge in [-0.1, -0.05) is 12.1 Å². The van der Waals surface area contributed by atoms with Crippen molar-refractivity contribution in [2.24, 2.45) is 23.7 Å². The van der Waals surface area contributed by atoms with Crippen LogP contribution in [-0.4, -0.2) is 66.2 Å². The van der Waals surface area contributed by atoms with Crippen LogP contribution in [0.3, 0.4) is 0 Å². The van der Waals surface area contributed by atoms with Crippen LogP contribution >= 0.6 is 32.8 Å². The molecule has 0 spiro atoms. The van der Waals surface area contributed by atoms with Crippen LogP contribution in [0, 0.1) is 23.7 Å². The number of aliphatic hydroxyl groups is 1. The average molecular weight is 750 g/mol. The van der Waals surface area contributed by atoms with Crippen molar-refractivity contribution in [1.29, 1.82) is 0 Å². The van der Waals surface area contributed by atoms with E-state index in [4.69, 9.17) is 9.47 Å². The van der Waals surface area contributed by atoms with Crippen molar-refractivity contribution >= 4 is 64.3 Å². The molecule has 2 aromatic rings.